The zero-order valence-electron chi connectivity index (χ0n) is 10.7. The molecular formula is C10H15NNaO6+. The van der Waals surface area contributed by atoms with Gasteiger partial charge in [-0.2, -0.15) is 0 Å². The van der Waals surface area contributed by atoms with Crippen LogP contribution in [0.4, 0.5) is 4.79 Å². The number of rotatable bonds is 5. The first-order valence-electron chi connectivity index (χ1n) is 5.19. The van der Waals surface area contributed by atoms with Crippen LogP contribution < -0.4 is 34.9 Å². The molecule has 7 nitrogen and oxygen atoms in total. The molecule has 1 saturated heterocycles. The Morgan fingerprint density at radius 1 is 1.50 bits per heavy atom. The molecule has 1 aliphatic rings. The molecule has 1 fully saturated rings. The molecule has 1 atom stereocenters. The van der Waals surface area contributed by atoms with Crippen molar-refractivity contribution in [2.45, 2.75) is 38.4 Å². The minimum atomic E-state index is -1.06. The number of cyclic esters (lactones) is 1. The summed E-state index contributed by atoms with van der Waals surface area (Å²) in [7, 11) is 0. The van der Waals surface area contributed by atoms with Crippen LogP contribution in [0.2, 0.25) is 0 Å². The quantitative estimate of drug-likeness (QED) is 0.415. The average Bonchev–Trinajstić information content (AvgIpc) is 2.62. The van der Waals surface area contributed by atoms with E-state index in [0.717, 1.165) is 0 Å². The molecule has 1 aliphatic heterocycles. The average molecular weight is 268 g/mol. The summed E-state index contributed by atoms with van der Waals surface area (Å²) in [6.45, 7) is 3.48. The first-order chi connectivity index (χ1) is 7.81. The van der Waals surface area contributed by atoms with Crippen molar-refractivity contribution < 1.29 is 58.5 Å². The number of amides is 1. The van der Waals surface area contributed by atoms with Gasteiger partial charge in [0.1, 0.15) is 5.60 Å². The van der Waals surface area contributed by atoms with Crippen molar-refractivity contribution in [2.24, 2.45) is 0 Å². The molecule has 8 heteroatoms. The molecular weight excluding hydrogens is 253 g/mol. The molecule has 0 radical (unpaired) electrons. The van der Waals surface area contributed by atoms with Crippen LogP contribution >= 0.6 is 0 Å². The van der Waals surface area contributed by atoms with Gasteiger partial charge in [0.25, 0.3) is 0 Å². The second-order valence-corrected chi connectivity index (χ2v) is 4.25. The van der Waals surface area contributed by atoms with Crippen molar-refractivity contribution in [3.63, 3.8) is 0 Å². The number of alkyl carbamates (subject to hydrolysis) is 1. The van der Waals surface area contributed by atoms with Crippen molar-refractivity contribution in [1.82, 2.24) is 5.32 Å². The predicted molar refractivity (Wildman–Crippen MR) is 55.3 cm³/mol. The van der Waals surface area contributed by atoms with Crippen LogP contribution in [0.1, 0.15) is 26.7 Å². The van der Waals surface area contributed by atoms with Gasteiger partial charge < -0.3 is 19.9 Å². The smallest absolute Gasteiger partial charge is 0.481 e. The van der Waals surface area contributed by atoms with E-state index in [-0.39, 0.29) is 48.9 Å². The number of hydrogen-bond donors (Lipinski definition) is 2. The maximum Gasteiger partial charge on any atom is 1.00 e. The second-order valence-electron chi connectivity index (χ2n) is 4.25. The molecule has 2 N–H and O–H groups in total. The van der Waals surface area contributed by atoms with E-state index >= 15 is 0 Å². The maximum absolute atomic E-state index is 11.4. The number of carbonyl (C=O) groups is 3. The third-order valence-electron chi connectivity index (χ3n) is 2.38. The Morgan fingerprint density at radius 3 is 2.56 bits per heavy atom. The van der Waals surface area contributed by atoms with E-state index in [2.05, 4.69) is 5.32 Å². The fraction of sp³-hybridized carbons (Fsp3) is 0.700. The van der Waals surface area contributed by atoms with E-state index in [0.29, 0.717) is 0 Å². The van der Waals surface area contributed by atoms with Crippen LogP contribution in [0.3, 0.4) is 0 Å². The van der Waals surface area contributed by atoms with Gasteiger partial charge in [0.15, 0.2) is 6.10 Å². The Bertz CT molecular complexity index is 343. The van der Waals surface area contributed by atoms with Gasteiger partial charge in [-0.1, -0.05) is 0 Å². The fourth-order valence-corrected chi connectivity index (χ4v) is 1.40. The molecule has 96 valence electrons. The fourth-order valence-electron chi connectivity index (χ4n) is 1.40. The number of carbonyl (C=O) groups excluding carboxylic acids is 2. The van der Waals surface area contributed by atoms with Crippen molar-refractivity contribution in [3.05, 3.63) is 0 Å². The molecule has 0 aromatic rings. The van der Waals surface area contributed by atoms with Gasteiger partial charge in [0.2, 0.25) is 0 Å². The Hall–Kier alpha value is -0.790. The molecule has 0 aromatic heterocycles. The van der Waals surface area contributed by atoms with Gasteiger partial charge in [0, 0.05) is 0 Å². The molecule has 0 saturated carbocycles. The number of ether oxygens (including phenoxy) is 2. The van der Waals surface area contributed by atoms with Gasteiger partial charge in [0.05, 0.1) is 19.4 Å². The first kappa shape index (κ1) is 17.2. The van der Waals surface area contributed by atoms with E-state index in [4.69, 9.17) is 14.6 Å². The third kappa shape index (κ3) is 5.24. The number of nitrogens with one attached hydrogen (secondary N) is 1. The summed E-state index contributed by atoms with van der Waals surface area (Å²) in [4.78, 5) is 32.5. The molecule has 0 bridgehead atoms. The van der Waals surface area contributed by atoms with Crippen molar-refractivity contribution in [2.75, 3.05) is 6.54 Å². The second kappa shape index (κ2) is 6.96. The van der Waals surface area contributed by atoms with Gasteiger partial charge in [-0.05, 0) is 13.8 Å². The minimum Gasteiger partial charge on any atom is -0.481 e. The molecule has 0 aromatic carbocycles. The SMILES string of the molecule is CC(C)(OC(=O)CCC(=O)O)C1CNC(=O)O1.[Na+]. The summed E-state index contributed by atoms with van der Waals surface area (Å²) < 4.78 is 10.0. The number of carboxylic acids is 1. The topological polar surface area (TPSA) is 102 Å². The number of carboxylic acid groups (broad SMARTS) is 1. The van der Waals surface area contributed by atoms with E-state index in [1.54, 1.807) is 13.8 Å². The van der Waals surface area contributed by atoms with Crippen molar-refractivity contribution in [3.8, 4) is 0 Å². The number of aliphatic carboxylic acids is 1. The van der Waals surface area contributed by atoms with Crippen molar-refractivity contribution in [1.29, 1.82) is 0 Å². The Kier molecular flexibility index (Phi) is 6.66. The molecule has 1 unspecified atom stereocenters. The first-order valence-corrected chi connectivity index (χ1v) is 5.19. The molecule has 1 amide bonds. The van der Waals surface area contributed by atoms with Crippen LogP contribution in [0.25, 0.3) is 0 Å². The van der Waals surface area contributed by atoms with Crippen LogP contribution in [-0.2, 0) is 19.1 Å². The number of esters is 1. The van der Waals surface area contributed by atoms with Gasteiger partial charge >= 0.3 is 47.6 Å². The van der Waals surface area contributed by atoms with E-state index in [1.807, 2.05) is 0 Å². The van der Waals surface area contributed by atoms with Gasteiger partial charge in [-0.3, -0.25) is 9.59 Å². The van der Waals surface area contributed by atoms with Crippen LogP contribution in [0.5, 0.6) is 0 Å². The molecule has 1 heterocycles. The van der Waals surface area contributed by atoms with Crippen LogP contribution in [0.15, 0.2) is 0 Å². The molecule has 18 heavy (non-hydrogen) atoms. The molecule has 0 aliphatic carbocycles. The maximum atomic E-state index is 11.4. The summed E-state index contributed by atoms with van der Waals surface area (Å²) in [5.41, 5.74) is -0.977. The van der Waals surface area contributed by atoms with E-state index in [1.165, 1.54) is 0 Å². The minimum absolute atomic E-state index is 0. The Labute approximate surface area is 126 Å². The molecule has 1 rings (SSSR count). The summed E-state index contributed by atoms with van der Waals surface area (Å²) in [6, 6.07) is 0. The van der Waals surface area contributed by atoms with E-state index in [9.17, 15) is 14.4 Å². The Balaban J connectivity index is 0.00000289. The van der Waals surface area contributed by atoms with Crippen molar-refractivity contribution >= 4 is 18.0 Å². The predicted octanol–water partition coefficient (Wildman–Crippen LogP) is -2.71. The van der Waals surface area contributed by atoms with Gasteiger partial charge in [-0.15, -0.1) is 0 Å². The standard InChI is InChI=1S/C10H15NO6.Na/c1-10(2,6-5-11-9(15)16-6)17-8(14)4-3-7(12)13;/h6H,3-5H2,1-2H3,(H,11,15)(H,12,13);/q;+1. The zero-order valence-corrected chi connectivity index (χ0v) is 12.7. The summed E-state index contributed by atoms with van der Waals surface area (Å²) in [5, 5.41) is 10.9. The zero-order chi connectivity index (χ0) is 13.1. The largest absolute Gasteiger partial charge is 1.00 e. The summed E-state index contributed by atoms with van der Waals surface area (Å²) in [5.74, 6) is -1.69. The van der Waals surface area contributed by atoms with E-state index < -0.39 is 29.7 Å². The van der Waals surface area contributed by atoms with Crippen LogP contribution in [0, 0.1) is 0 Å². The summed E-state index contributed by atoms with van der Waals surface area (Å²) >= 11 is 0. The third-order valence-corrected chi connectivity index (χ3v) is 2.38. The number of hydrogen-bond acceptors (Lipinski definition) is 5. The Morgan fingerprint density at radius 2 is 2.11 bits per heavy atom. The normalized spacial score (nSPS) is 18.3. The monoisotopic (exact) mass is 268 g/mol. The summed E-state index contributed by atoms with van der Waals surface area (Å²) in [6.07, 6.45) is -1.60. The molecule has 0 spiro atoms. The van der Waals surface area contributed by atoms with Crippen LogP contribution in [-0.4, -0.2) is 41.4 Å². The van der Waals surface area contributed by atoms with Gasteiger partial charge in [-0.25, -0.2) is 4.79 Å².